The van der Waals surface area contributed by atoms with Crippen molar-refractivity contribution in [3.63, 3.8) is 0 Å². The van der Waals surface area contributed by atoms with E-state index in [0.717, 1.165) is 53.2 Å². The largest absolute Gasteiger partial charge is 0.435 e. The van der Waals surface area contributed by atoms with Crippen LogP contribution in [0.4, 0.5) is 8.78 Å². The van der Waals surface area contributed by atoms with Crippen molar-refractivity contribution in [2.75, 3.05) is 0 Å². The van der Waals surface area contributed by atoms with Crippen LogP contribution in [0.2, 0.25) is 0 Å². The fraction of sp³-hybridized carbons (Fsp3) is 0.300. The van der Waals surface area contributed by atoms with Gasteiger partial charge in [0.1, 0.15) is 16.2 Å². The van der Waals surface area contributed by atoms with Crippen LogP contribution in [-0.2, 0) is 26.2 Å². The summed E-state index contributed by atoms with van der Waals surface area (Å²) in [5.41, 5.74) is 5.67. The molecule has 7 heteroatoms. The molecular weight excluding hydrogens is 536 g/mol. The zero-order valence-electron chi connectivity index (χ0n) is 21.2. The minimum atomic E-state index is -2.83. The molecule has 0 aliphatic carbocycles. The highest BCUT2D eigenvalue weighted by atomic mass is 79.9. The van der Waals surface area contributed by atoms with E-state index in [4.69, 9.17) is 4.98 Å². The molecule has 0 radical (unpaired) electrons. The standard InChI is InChI=1S/C30H32BrF2N3O/c1-3-4-17-36-27(28(31)34-29(36)25-11-6-5-7-12-25)21-35(20-24-10-8-9-22(2)18-24)19-23-13-15-26(16-14-23)37-30(32)33/h5-16,18,30H,3-4,17,19-21H2,1-2H3. The number of alkyl halides is 2. The molecule has 1 heterocycles. The van der Waals surface area contributed by atoms with Gasteiger partial charge in [-0.3, -0.25) is 4.90 Å². The Labute approximate surface area is 226 Å². The summed E-state index contributed by atoms with van der Waals surface area (Å²) in [6.07, 6.45) is 2.14. The number of aryl methyl sites for hydroxylation is 1. The Morgan fingerprint density at radius 3 is 2.32 bits per heavy atom. The summed E-state index contributed by atoms with van der Waals surface area (Å²) in [5.74, 6) is 1.12. The lowest BCUT2D eigenvalue weighted by atomic mass is 10.1. The number of halogens is 3. The summed E-state index contributed by atoms with van der Waals surface area (Å²) in [6, 6.07) is 25.7. The molecule has 37 heavy (non-hydrogen) atoms. The SMILES string of the molecule is CCCCn1c(-c2ccccc2)nc(Br)c1CN(Cc1ccc(OC(F)F)cc1)Cc1cccc(C)c1. The summed E-state index contributed by atoms with van der Waals surface area (Å²) in [6.45, 7) is 4.40. The number of imidazole rings is 1. The summed E-state index contributed by atoms with van der Waals surface area (Å²) in [4.78, 5) is 7.28. The lowest BCUT2D eigenvalue weighted by molar-refractivity contribution is -0.0498. The van der Waals surface area contributed by atoms with Crippen LogP contribution >= 0.6 is 15.9 Å². The second-order valence-electron chi connectivity index (χ2n) is 9.20. The van der Waals surface area contributed by atoms with Gasteiger partial charge in [0.2, 0.25) is 0 Å². The third-order valence-corrected chi connectivity index (χ3v) is 6.84. The first-order valence-electron chi connectivity index (χ1n) is 12.5. The minimum absolute atomic E-state index is 0.164. The topological polar surface area (TPSA) is 30.3 Å². The lowest BCUT2D eigenvalue weighted by Crippen LogP contribution is -2.24. The fourth-order valence-electron chi connectivity index (χ4n) is 4.46. The Hall–Kier alpha value is -3.03. The number of aromatic nitrogens is 2. The van der Waals surface area contributed by atoms with Crippen molar-refractivity contribution >= 4 is 15.9 Å². The van der Waals surface area contributed by atoms with Gasteiger partial charge in [-0.1, -0.05) is 85.6 Å². The maximum atomic E-state index is 12.6. The Morgan fingerprint density at radius 2 is 1.65 bits per heavy atom. The van der Waals surface area contributed by atoms with E-state index < -0.39 is 6.61 Å². The van der Waals surface area contributed by atoms with E-state index >= 15 is 0 Å². The Bertz CT molecular complexity index is 1280. The molecule has 4 nitrogen and oxygen atoms in total. The van der Waals surface area contributed by atoms with Crippen molar-refractivity contribution in [3.8, 4) is 17.1 Å². The number of ether oxygens (including phenoxy) is 1. The quantitative estimate of drug-likeness (QED) is 0.173. The van der Waals surface area contributed by atoms with Crippen LogP contribution in [0.3, 0.4) is 0 Å². The molecule has 0 unspecified atom stereocenters. The summed E-state index contributed by atoms with van der Waals surface area (Å²) in [5, 5.41) is 0. The second kappa shape index (κ2) is 13.0. The van der Waals surface area contributed by atoms with Gasteiger partial charge >= 0.3 is 6.61 Å². The molecule has 0 atom stereocenters. The molecule has 0 bridgehead atoms. The van der Waals surface area contributed by atoms with Gasteiger partial charge in [0, 0.05) is 31.7 Å². The predicted octanol–water partition coefficient (Wildman–Crippen LogP) is 8.22. The minimum Gasteiger partial charge on any atom is -0.435 e. The van der Waals surface area contributed by atoms with Crippen molar-refractivity contribution in [1.82, 2.24) is 14.5 Å². The van der Waals surface area contributed by atoms with Crippen LogP contribution in [-0.4, -0.2) is 21.1 Å². The highest BCUT2D eigenvalue weighted by Crippen LogP contribution is 2.29. The van der Waals surface area contributed by atoms with E-state index in [1.807, 2.05) is 30.3 Å². The first-order valence-corrected chi connectivity index (χ1v) is 13.3. The number of rotatable bonds is 12. The van der Waals surface area contributed by atoms with Crippen molar-refractivity contribution in [1.29, 1.82) is 0 Å². The number of hydrogen-bond acceptors (Lipinski definition) is 3. The number of benzene rings is 3. The zero-order valence-corrected chi connectivity index (χ0v) is 22.8. The average Bonchev–Trinajstić information content (AvgIpc) is 3.19. The first kappa shape index (κ1) is 27.0. The molecule has 194 valence electrons. The Morgan fingerprint density at radius 1 is 0.919 bits per heavy atom. The summed E-state index contributed by atoms with van der Waals surface area (Å²) >= 11 is 3.75. The number of unbranched alkanes of at least 4 members (excludes halogenated alkanes) is 1. The molecule has 0 saturated heterocycles. The Balaban J connectivity index is 1.66. The molecule has 4 aromatic rings. The van der Waals surface area contributed by atoms with Gasteiger partial charge in [0.05, 0.1) is 5.69 Å². The molecule has 0 saturated carbocycles. The van der Waals surface area contributed by atoms with Crippen molar-refractivity contribution < 1.29 is 13.5 Å². The lowest BCUT2D eigenvalue weighted by Gasteiger charge is -2.24. The van der Waals surface area contributed by atoms with Gasteiger partial charge in [-0.05, 0) is 52.5 Å². The van der Waals surface area contributed by atoms with E-state index in [0.29, 0.717) is 13.1 Å². The highest BCUT2D eigenvalue weighted by Gasteiger charge is 2.20. The van der Waals surface area contributed by atoms with E-state index in [1.165, 1.54) is 11.1 Å². The van der Waals surface area contributed by atoms with Crippen LogP contribution in [0.1, 0.15) is 42.1 Å². The molecule has 1 aromatic heterocycles. The zero-order chi connectivity index (χ0) is 26.2. The highest BCUT2D eigenvalue weighted by molar-refractivity contribution is 9.10. The van der Waals surface area contributed by atoms with E-state index in [1.54, 1.807) is 12.1 Å². The molecule has 0 aliphatic heterocycles. The number of hydrogen-bond donors (Lipinski definition) is 0. The maximum absolute atomic E-state index is 12.6. The molecule has 3 aromatic carbocycles. The summed E-state index contributed by atoms with van der Waals surface area (Å²) < 4.78 is 32.9. The predicted molar refractivity (Wildman–Crippen MR) is 147 cm³/mol. The van der Waals surface area contributed by atoms with Gasteiger partial charge in [-0.25, -0.2) is 4.98 Å². The average molecular weight is 569 g/mol. The van der Waals surface area contributed by atoms with Crippen LogP contribution in [0.5, 0.6) is 5.75 Å². The van der Waals surface area contributed by atoms with Crippen LogP contribution < -0.4 is 4.74 Å². The van der Waals surface area contributed by atoms with Crippen molar-refractivity contribution in [2.45, 2.75) is 59.5 Å². The van der Waals surface area contributed by atoms with Crippen molar-refractivity contribution in [3.05, 3.63) is 106 Å². The van der Waals surface area contributed by atoms with E-state index in [-0.39, 0.29) is 5.75 Å². The molecule has 0 amide bonds. The summed E-state index contributed by atoms with van der Waals surface area (Å²) in [7, 11) is 0. The third kappa shape index (κ3) is 7.49. The van der Waals surface area contributed by atoms with E-state index in [2.05, 4.69) is 80.4 Å². The normalized spacial score (nSPS) is 11.4. The fourth-order valence-corrected chi connectivity index (χ4v) is 4.96. The number of nitrogens with zero attached hydrogens (tertiary/aromatic N) is 3. The molecule has 0 fully saturated rings. The van der Waals surface area contributed by atoms with Gasteiger partial charge in [0.15, 0.2) is 0 Å². The van der Waals surface area contributed by atoms with Crippen LogP contribution in [0.25, 0.3) is 11.4 Å². The van der Waals surface area contributed by atoms with Gasteiger partial charge < -0.3 is 9.30 Å². The maximum Gasteiger partial charge on any atom is 0.387 e. The van der Waals surface area contributed by atoms with Crippen LogP contribution in [0, 0.1) is 6.92 Å². The smallest absolute Gasteiger partial charge is 0.387 e. The van der Waals surface area contributed by atoms with Crippen LogP contribution in [0.15, 0.2) is 83.5 Å². The van der Waals surface area contributed by atoms with Gasteiger partial charge in [-0.15, -0.1) is 0 Å². The van der Waals surface area contributed by atoms with Gasteiger partial charge in [-0.2, -0.15) is 8.78 Å². The van der Waals surface area contributed by atoms with E-state index in [9.17, 15) is 8.78 Å². The molecule has 0 spiro atoms. The van der Waals surface area contributed by atoms with Gasteiger partial charge in [0.25, 0.3) is 0 Å². The monoisotopic (exact) mass is 567 g/mol. The third-order valence-electron chi connectivity index (χ3n) is 6.21. The van der Waals surface area contributed by atoms with Crippen molar-refractivity contribution in [2.24, 2.45) is 0 Å². The molecule has 4 rings (SSSR count). The molecule has 0 N–H and O–H groups in total. The second-order valence-corrected chi connectivity index (χ2v) is 9.95. The first-order chi connectivity index (χ1) is 17.9. The Kier molecular flexibility index (Phi) is 9.47. The molecular formula is C30H32BrF2N3O. The molecule has 0 aliphatic rings.